The van der Waals surface area contributed by atoms with E-state index in [4.69, 9.17) is 0 Å². The fraction of sp³-hybridized carbons (Fsp3) is 0.261. The maximum atomic E-state index is 13.3. The molecule has 6 heteroatoms. The summed E-state index contributed by atoms with van der Waals surface area (Å²) in [5.41, 5.74) is 1.79. The van der Waals surface area contributed by atoms with Gasteiger partial charge in [-0.05, 0) is 36.4 Å². The van der Waals surface area contributed by atoms with Crippen LogP contribution in [0.5, 0.6) is 0 Å². The molecule has 1 aliphatic heterocycles. The predicted octanol–water partition coefficient (Wildman–Crippen LogP) is 2.73. The molecule has 0 saturated carbocycles. The second-order valence-corrected chi connectivity index (χ2v) is 7.08. The van der Waals surface area contributed by atoms with Gasteiger partial charge in [0, 0.05) is 30.6 Å². The second-order valence-electron chi connectivity index (χ2n) is 7.08. The minimum Gasteiger partial charge on any atom is -0.298 e. The van der Waals surface area contributed by atoms with Gasteiger partial charge < -0.3 is 0 Å². The van der Waals surface area contributed by atoms with Crippen molar-refractivity contribution in [2.45, 2.75) is 26.4 Å². The second kappa shape index (κ2) is 7.98. The van der Waals surface area contributed by atoms with Gasteiger partial charge >= 0.3 is 0 Å². The Morgan fingerprint density at radius 3 is 2.69 bits per heavy atom. The number of carbonyl (C=O) groups is 1. The summed E-state index contributed by atoms with van der Waals surface area (Å²) < 4.78 is 15.0. The van der Waals surface area contributed by atoms with Crippen molar-refractivity contribution in [2.75, 3.05) is 13.1 Å². The SMILES string of the molecule is CCC(=O)CN1CCn2c(nc3cc(C#Cc4cccc(F)c4)ccc3c2=O)C1. The van der Waals surface area contributed by atoms with Crippen LogP contribution in [0, 0.1) is 17.7 Å². The molecule has 3 aromatic rings. The molecule has 2 aromatic carbocycles. The molecule has 4 rings (SSSR count). The minimum atomic E-state index is -0.331. The van der Waals surface area contributed by atoms with Gasteiger partial charge in [0.25, 0.3) is 5.56 Å². The maximum Gasteiger partial charge on any atom is 0.261 e. The quantitative estimate of drug-likeness (QED) is 0.647. The molecule has 29 heavy (non-hydrogen) atoms. The van der Waals surface area contributed by atoms with E-state index in [9.17, 15) is 14.0 Å². The number of benzene rings is 2. The topological polar surface area (TPSA) is 55.2 Å². The zero-order valence-electron chi connectivity index (χ0n) is 16.1. The van der Waals surface area contributed by atoms with E-state index in [1.165, 1.54) is 12.1 Å². The highest BCUT2D eigenvalue weighted by molar-refractivity contribution is 5.80. The first-order valence-corrected chi connectivity index (χ1v) is 9.58. The molecule has 2 heterocycles. The van der Waals surface area contributed by atoms with Crippen molar-refractivity contribution in [1.82, 2.24) is 14.5 Å². The summed E-state index contributed by atoms with van der Waals surface area (Å²) in [5.74, 6) is 6.44. The first-order chi connectivity index (χ1) is 14.0. The van der Waals surface area contributed by atoms with Gasteiger partial charge in [0.05, 0.1) is 24.0 Å². The molecule has 0 fully saturated rings. The van der Waals surface area contributed by atoms with Crippen molar-refractivity contribution >= 4 is 16.7 Å². The highest BCUT2D eigenvalue weighted by atomic mass is 19.1. The Kier molecular flexibility index (Phi) is 5.24. The Labute approximate surface area is 167 Å². The lowest BCUT2D eigenvalue weighted by Gasteiger charge is -2.28. The third-order valence-corrected chi connectivity index (χ3v) is 5.01. The number of ketones is 1. The Balaban J connectivity index is 1.67. The molecule has 0 spiro atoms. The first-order valence-electron chi connectivity index (χ1n) is 9.58. The van der Waals surface area contributed by atoms with Crippen LogP contribution >= 0.6 is 0 Å². The Morgan fingerprint density at radius 1 is 1.14 bits per heavy atom. The molecule has 5 nitrogen and oxygen atoms in total. The molecule has 0 bridgehead atoms. The molecule has 0 amide bonds. The normalized spacial score (nSPS) is 13.6. The minimum absolute atomic E-state index is 0.0730. The van der Waals surface area contributed by atoms with E-state index in [1.54, 1.807) is 34.9 Å². The smallest absolute Gasteiger partial charge is 0.261 e. The average molecular weight is 389 g/mol. The number of nitrogens with zero attached hydrogens (tertiary/aromatic N) is 3. The number of Topliss-reactive ketones (excluding diaryl/α,β-unsaturated/α-hetero) is 1. The van der Waals surface area contributed by atoms with Crippen molar-refractivity contribution in [2.24, 2.45) is 0 Å². The lowest BCUT2D eigenvalue weighted by atomic mass is 10.1. The summed E-state index contributed by atoms with van der Waals surface area (Å²) in [4.78, 5) is 31.3. The van der Waals surface area contributed by atoms with Gasteiger partial charge in [0.2, 0.25) is 0 Å². The summed E-state index contributed by atoms with van der Waals surface area (Å²) in [6.07, 6.45) is 0.502. The van der Waals surface area contributed by atoms with Crippen molar-refractivity contribution < 1.29 is 9.18 Å². The fourth-order valence-electron chi connectivity index (χ4n) is 3.42. The van der Waals surface area contributed by atoms with E-state index in [-0.39, 0.29) is 17.2 Å². The van der Waals surface area contributed by atoms with Crippen molar-refractivity contribution in [1.29, 1.82) is 0 Å². The summed E-state index contributed by atoms with van der Waals surface area (Å²) in [6, 6.07) is 11.4. The van der Waals surface area contributed by atoms with Gasteiger partial charge in [-0.25, -0.2) is 9.37 Å². The molecule has 1 aliphatic rings. The van der Waals surface area contributed by atoms with E-state index in [2.05, 4.69) is 16.8 Å². The van der Waals surface area contributed by atoms with Gasteiger partial charge in [-0.3, -0.25) is 19.1 Å². The maximum absolute atomic E-state index is 13.3. The molecule has 0 N–H and O–H groups in total. The van der Waals surface area contributed by atoms with Gasteiger partial charge in [0.1, 0.15) is 17.4 Å². The van der Waals surface area contributed by atoms with Crippen molar-refractivity contribution in [3.63, 3.8) is 0 Å². The van der Waals surface area contributed by atoms with Crippen LogP contribution in [-0.2, 0) is 17.9 Å². The largest absolute Gasteiger partial charge is 0.298 e. The van der Waals surface area contributed by atoms with Gasteiger partial charge in [0.15, 0.2) is 0 Å². The third kappa shape index (κ3) is 4.10. The van der Waals surface area contributed by atoms with Crippen LogP contribution in [0.15, 0.2) is 47.3 Å². The highest BCUT2D eigenvalue weighted by Gasteiger charge is 2.21. The molecule has 0 radical (unpaired) electrons. The van der Waals surface area contributed by atoms with Gasteiger partial charge in [-0.15, -0.1) is 0 Å². The van der Waals surface area contributed by atoms with Crippen LogP contribution in [-0.4, -0.2) is 33.3 Å². The molecular formula is C23H20FN3O2. The van der Waals surface area contributed by atoms with Crippen LogP contribution in [0.4, 0.5) is 4.39 Å². The summed E-state index contributed by atoms with van der Waals surface area (Å²) in [5, 5.41) is 0.545. The van der Waals surface area contributed by atoms with E-state index >= 15 is 0 Å². The van der Waals surface area contributed by atoms with Crippen LogP contribution in [0.1, 0.15) is 30.3 Å². The van der Waals surface area contributed by atoms with Crippen molar-refractivity contribution in [3.8, 4) is 11.8 Å². The number of aromatic nitrogens is 2. The van der Waals surface area contributed by atoms with Crippen LogP contribution in [0.2, 0.25) is 0 Å². The fourth-order valence-corrected chi connectivity index (χ4v) is 3.42. The van der Waals surface area contributed by atoms with Crippen LogP contribution < -0.4 is 5.56 Å². The molecule has 146 valence electrons. The van der Waals surface area contributed by atoms with E-state index < -0.39 is 0 Å². The van der Waals surface area contributed by atoms with E-state index in [1.807, 2.05) is 11.8 Å². The molecular weight excluding hydrogens is 369 g/mol. The number of hydrogen-bond acceptors (Lipinski definition) is 4. The zero-order valence-corrected chi connectivity index (χ0v) is 16.1. The summed E-state index contributed by atoms with van der Waals surface area (Å²) in [6.45, 7) is 3.88. The third-order valence-electron chi connectivity index (χ3n) is 5.01. The number of fused-ring (bicyclic) bond motifs is 2. The Morgan fingerprint density at radius 2 is 1.93 bits per heavy atom. The summed E-state index contributed by atoms with van der Waals surface area (Å²) in [7, 11) is 0. The van der Waals surface area contributed by atoms with Crippen LogP contribution in [0.3, 0.4) is 0 Å². The van der Waals surface area contributed by atoms with Gasteiger partial charge in [-0.1, -0.05) is 24.8 Å². The van der Waals surface area contributed by atoms with E-state index in [0.717, 1.165) is 0 Å². The molecule has 0 aliphatic carbocycles. The Bertz CT molecular complexity index is 1220. The monoisotopic (exact) mass is 389 g/mol. The summed E-state index contributed by atoms with van der Waals surface area (Å²) >= 11 is 0. The van der Waals surface area contributed by atoms with Crippen LogP contribution in [0.25, 0.3) is 10.9 Å². The molecule has 0 saturated heterocycles. The Hall–Kier alpha value is -3.30. The van der Waals surface area contributed by atoms with Crippen molar-refractivity contribution in [3.05, 3.63) is 75.6 Å². The van der Waals surface area contributed by atoms with E-state index in [0.29, 0.717) is 60.5 Å². The number of hydrogen-bond donors (Lipinski definition) is 0. The predicted molar refractivity (Wildman–Crippen MR) is 109 cm³/mol. The standard InChI is InChI=1S/C23H20FN3O2/c1-2-19(28)14-26-10-11-27-22(15-26)25-21-13-17(8-9-20(21)23(27)29)7-6-16-4-3-5-18(24)12-16/h3-5,8-9,12-13H,2,10-11,14-15H2,1H3. The lowest BCUT2D eigenvalue weighted by molar-refractivity contribution is -0.120. The lowest BCUT2D eigenvalue weighted by Crippen LogP contribution is -2.42. The van der Waals surface area contributed by atoms with Gasteiger partial charge in [-0.2, -0.15) is 0 Å². The first kappa shape index (κ1) is 19.0. The average Bonchev–Trinajstić information content (AvgIpc) is 2.72. The number of carbonyl (C=O) groups excluding carboxylic acids is 1. The zero-order chi connectivity index (χ0) is 20.4. The highest BCUT2D eigenvalue weighted by Crippen LogP contribution is 2.15. The number of rotatable bonds is 3. The molecule has 0 unspecified atom stereocenters. The number of halogens is 1. The molecule has 1 aromatic heterocycles. The molecule has 0 atom stereocenters.